The normalized spacial score (nSPS) is 35.7. The highest BCUT2D eigenvalue weighted by molar-refractivity contribution is 7.52. The maximum absolute atomic E-state index is 11.7. The van der Waals surface area contributed by atoms with Crippen molar-refractivity contribution in [1.82, 2.24) is 9.55 Å². The SMILES string of the molecule is Nc1cncn1C1(P(=O)(O)O)O[C@H](CO)[C@@H](O)[C@H]1O. The van der Waals surface area contributed by atoms with E-state index in [0.29, 0.717) is 0 Å². The molecule has 1 fully saturated rings. The van der Waals surface area contributed by atoms with Crippen LogP contribution in [-0.4, -0.2) is 59.6 Å². The molecular formula is C8H14N3O7P. The predicted octanol–water partition coefficient (Wildman–Crippen LogP) is -2.63. The second kappa shape index (κ2) is 4.53. The highest BCUT2D eigenvalue weighted by Crippen LogP contribution is 2.61. The van der Waals surface area contributed by atoms with Crippen LogP contribution in [0.5, 0.6) is 0 Å². The van der Waals surface area contributed by atoms with Crippen LogP contribution in [0.25, 0.3) is 0 Å². The van der Waals surface area contributed by atoms with Crippen molar-refractivity contribution in [2.45, 2.75) is 23.8 Å². The fraction of sp³-hybridized carbons (Fsp3) is 0.625. The van der Waals surface area contributed by atoms with Crippen molar-refractivity contribution in [2.75, 3.05) is 12.3 Å². The number of ether oxygens (including phenoxy) is 1. The second-order valence-corrected chi connectivity index (χ2v) is 5.89. The van der Waals surface area contributed by atoms with Crippen molar-refractivity contribution in [3.8, 4) is 0 Å². The first-order valence-corrected chi connectivity index (χ1v) is 6.85. The number of nitrogen functional groups attached to an aromatic ring is 1. The third-order valence-electron chi connectivity index (χ3n) is 3.02. The molecule has 0 amide bonds. The van der Waals surface area contributed by atoms with E-state index in [1.54, 1.807) is 0 Å². The molecule has 1 aliphatic rings. The van der Waals surface area contributed by atoms with Gasteiger partial charge in [-0.3, -0.25) is 9.13 Å². The second-order valence-electron chi connectivity index (χ2n) is 4.17. The number of rotatable bonds is 3. The van der Waals surface area contributed by atoms with Gasteiger partial charge in [-0.2, -0.15) is 0 Å². The third-order valence-corrected chi connectivity index (χ3v) is 4.44. The highest BCUT2D eigenvalue weighted by atomic mass is 31.2. The van der Waals surface area contributed by atoms with E-state index in [9.17, 15) is 24.6 Å². The van der Waals surface area contributed by atoms with Crippen LogP contribution >= 0.6 is 7.60 Å². The number of hydrogen-bond donors (Lipinski definition) is 6. The number of nitrogens with two attached hydrogens (primary N) is 1. The summed E-state index contributed by atoms with van der Waals surface area (Å²) in [5.74, 6) is -0.173. The highest BCUT2D eigenvalue weighted by Gasteiger charge is 2.66. The average Bonchev–Trinajstić information content (AvgIpc) is 2.84. The van der Waals surface area contributed by atoms with E-state index >= 15 is 0 Å². The van der Waals surface area contributed by atoms with Crippen molar-refractivity contribution >= 4 is 13.4 Å². The molecule has 2 heterocycles. The van der Waals surface area contributed by atoms with E-state index in [2.05, 4.69) is 4.98 Å². The fourth-order valence-corrected chi connectivity index (χ4v) is 3.30. The molecule has 1 saturated heterocycles. The van der Waals surface area contributed by atoms with Crippen molar-refractivity contribution in [3.63, 3.8) is 0 Å². The van der Waals surface area contributed by atoms with Gasteiger partial charge in [0.2, 0.25) is 0 Å². The molecule has 0 saturated carbocycles. The maximum atomic E-state index is 11.7. The molecule has 1 aliphatic heterocycles. The summed E-state index contributed by atoms with van der Waals surface area (Å²) in [5.41, 5.74) is 2.91. The molecule has 4 atom stereocenters. The van der Waals surface area contributed by atoms with Crippen LogP contribution in [0.2, 0.25) is 0 Å². The third kappa shape index (κ3) is 1.89. The zero-order valence-electron chi connectivity index (χ0n) is 9.57. The summed E-state index contributed by atoms with van der Waals surface area (Å²) >= 11 is 0. The van der Waals surface area contributed by atoms with Crippen LogP contribution < -0.4 is 5.73 Å². The Bertz CT molecular complexity index is 516. The summed E-state index contributed by atoms with van der Waals surface area (Å²) in [6.45, 7) is -0.728. The Balaban J connectivity index is 2.62. The van der Waals surface area contributed by atoms with E-state index in [0.717, 1.165) is 17.1 Å². The van der Waals surface area contributed by atoms with E-state index in [4.69, 9.17) is 15.6 Å². The molecule has 2 rings (SSSR count). The molecule has 0 aliphatic carbocycles. The van der Waals surface area contributed by atoms with Gasteiger partial charge in [-0.15, -0.1) is 0 Å². The van der Waals surface area contributed by atoms with E-state index in [1.807, 2.05) is 0 Å². The van der Waals surface area contributed by atoms with Gasteiger partial charge in [0.05, 0.1) is 19.1 Å². The van der Waals surface area contributed by atoms with Gasteiger partial charge in [0.15, 0.2) is 0 Å². The summed E-state index contributed by atoms with van der Waals surface area (Å²) in [5, 5.41) is 28.7. The van der Waals surface area contributed by atoms with E-state index < -0.39 is 38.0 Å². The Hall–Kier alpha value is -1.00. The summed E-state index contributed by atoms with van der Waals surface area (Å²) in [6.07, 6.45) is -2.96. The summed E-state index contributed by atoms with van der Waals surface area (Å²) in [6, 6.07) is 0. The van der Waals surface area contributed by atoms with Crippen LogP contribution in [-0.2, 0) is 14.8 Å². The number of aliphatic hydroxyl groups is 3. The van der Waals surface area contributed by atoms with Gasteiger partial charge < -0.3 is 35.6 Å². The quantitative estimate of drug-likeness (QED) is 0.326. The predicted molar refractivity (Wildman–Crippen MR) is 60.6 cm³/mol. The molecule has 1 aromatic heterocycles. The van der Waals surface area contributed by atoms with Gasteiger partial charge in [-0.1, -0.05) is 0 Å². The molecule has 0 aromatic carbocycles. The van der Waals surface area contributed by atoms with Crippen LogP contribution in [0, 0.1) is 0 Å². The average molecular weight is 295 g/mol. The standard InChI is InChI=1S/C8H14N3O7P/c9-5-1-10-3-11(5)8(19(15,16)17)7(14)6(13)4(2-12)18-8/h1,3-4,6-7,12-14H,2,9H2,(H2,15,16,17)/t4-,6-,7-,8?/m1/s1. The summed E-state index contributed by atoms with van der Waals surface area (Å²) < 4.78 is 17.5. The van der Waals surface area contributed by atoms with Crippen molar-refractivity contribution in [1.29, 1.82) is 0 Å². The zero-order chi connectivity index (χ0) is 14.4. The molecule has 108 valence electrons. The minimum atomic E-state index is -5.10. The Kier molecular flexibility index (Phi) is 3.43. The first-order chi connectivity index (χ1) is 8.75. The van der Waals surface area contributed by atoms with E-state index in [1.165, 1.54) is 0 Å². The van der Waals surface area contributed by atoms with Gasteiger partial charge >= 0.3 is 7.60 Å². The van der Waals surface area contributed by atoms with Crippen LogP contribution in [0.4, 0.5) is 5.82 Å². The van der Waals surface area contributed by atoms with Gasteiger partial charge in [0, 0.05) is 0 Å². The number of imidazole rings is 1. The van der Waals surface area contributed by atoms with Crippen molar-refractivity contribution in [2.24, 2.45) is 0 Å². The minimum absolute atomic E-state index is 0.173. The fourth-order valence-electron chi connectivity index (χ4n) is 2.09. The van der Waals surface area contributed by atoms with Crippen LogP contribution in [0.1, 0.15) is 0 Å². The summed E-state index contributed by atoms with van der Waals surface area (Å²) in [4.78, 5) is 22.6. The molecule has 1 aromatic rings. The monoisotopic (exact) mass is 295 g/mol. The lowest BCUT2D eigenvalue weighted by Gasteiger charge is -2.34. The lowest BCUT2D eigenvalue weighted by molar-refractivity contribution is -0.0993. The number of hydrogen-bond acceptors (Lipinski definition) is 7. The first-order valence-electron chi connectivity index (χ1n) is 5.24. The number of aromatic nitrogens is 2. The zero-order valence-corrected chi connectivity index (χ0v) is 10.5. The Morgan fingerprint density at radius 1 is 1.53 bits per heavy atom. The van der Waals surface area contributed by atoms with Gasteiger partial charge in [-0.05, 0) is 0 Å². The smallest absolute Gasteiger partial charge is 0.381 e. The first kappa shape index (κ1) is 14.4. The molecular weight excluding hydrogens is 281 g/mol. The summed E-state index contributed by atoms with van der Waals surface area (Å²) in [7, 11) is -5.10. The van der Waals surface area contributed by atoms with Crippen LogP contribution in [0.3, 0.4) is 0 Å². The Labute approximate surface area is 107 Å². The molecule has 0 bridgehead atoms. The van der Waals surface area contributed by atoms with Crippen molar-refractivity contribution in [3.05, 3.63) is 12.5 Å². The lowest BCUT2D eigenvalue weighted by Crippen LogP contribution is -2.45. The largest absolute Gasteiger partial charge is 0.394 e. The van der Waals surface area contributed by atoms with Gasteiger partial charge in [0.25, 0.3) is 5.47 Å². The Morgan fingerprint density at radius 2 is 2.16 bits per heavy atom. The maximum Gasteiger partial charge on any atom is 0.381 e. The molecule has 7 N–H and O–H groups in total. The van der Waals surface area contributed by atoms with Gasteiger partial charge in [-0.25, -0.2) is 4.98 Å². The van der Waals surface area contributed by atoms with Crippen molar-refractivity contribution < 1.29 is 34.4 Å². The van der Waals surface area contributed by atoms with Gasteiger partial charge in [0.1, 0.15) is 24.1 Å². The molecule has 0 radical (unpaired) electrons. The topological polar surface area (TPSA) is 171 Å². The van der Waals surface area contributed by atoms with E-state index in [-0.39, 0.29) is 5.82 Å². The number of anilines is 1. The molecule has 1 unspecified atom stereocenters. The number of aliphatic hydroxyl groups excluding tert-OH is 3. The van der Waals surface area contributed by atoms with Crippen LogP contribution in [0.15, 0.2) is 12.5 Å². The molecule has 10 nitrogen and oxygen atoms in total. The number of nitrogens with zero attached hydrogens (tertiary/aromatic N) is 2. The molecule has 11 heteroatoms. The minimum Gasteiger partial charge on any atom is -0.394 e. The molecule has 0 spiro atoms. The lowest BCUT2D eigenvalue weighted by atomic mass is 10.1. The Morgan fingerprint density at radius 3 is 2.53 bits per heavy atom. The molecule has 19 heavy (non-hydrogen) atoms.